The minimum absolute atomic E-state index is 0.220. The Kier molecular flexibility index (Phi) is 6.99. The highest BCUT2D eigenvalue weighted by Gasteiger charge is 2.36. The molecule has 1 N–H and O–H groups in total. The molecule has 1 atom stereocenters. The van der Waals surface area contributed by atoms with Crippen molar-refractivity contribution >= 4 is 40.4 Å². The van der Waals surface area contributed by atoms with E-state index in [9.17, 15) is 9.59 Å². The van der Waals surface area contributed by atoms with Crippen LogP contribution in [0, 0.1) is 0 Å². The van der Waals surface area contributed by atoms with Crippen LogP contribution in [0.25, 0.3) is 0 Å². The number of aryl methyl sites for hydroxylation is 1. The molecule has 0 aliphatic carbocycles. The number of anilines is 1. The molecule has 30 heavy (non-hydrogen) atoms. The average Bonchev–Trinajstić information content (AvgIpc) is 3.45. The molecule has 0 fully saturated rings. The number of carbonyl (C=O) groups is 2. The number of benzene rings is 1. The van der Waals surface area contributed by atoms with Crippen molar-refractivity contribution in [3.63, 3.8) is 0 Å². The molecular weight excluding hydrogens is 416 g/mol. The normalized spacial score (nSPS) is 12.4. The average molecular weight is 443 g/mol. The minimum atomic E-state index is -0.808. The summed E-state index contributed by atoms with van der Waals surface area (Å²) in [6, 6.07) is 10.7. The van der Waals surface area contributed by atoms with Crippen molar-refractivity contribution in [2.75, 3.05) is 4.90 Å². The van der Waals surface area contributed by atoms with E-state index in [4.69, 9.17) is 0 Å². The summed E-state index contributed by atoms with van der Waals surface area (Å²) in [4.78, 5) is 29.4. The number of amides is 2. The van der Waals surface area contributed by atoms with Gasteiger partial charge in [-0.2, -0.15) is 0 Å². The molecule has 0 aliphatic heterocycles. The van der Waals surface area contributed by atoms with Crippen molar-refractivity contribution in [3.8, 4) is 0 Å². The zero-order chi connectivity index (χ0) is 21.7. The van der Waals surface area contributed by atoms with Crippen LogP contribution in [0.5, 0.6) is 0 Å². The summed E-state index contributed by atoms with van der Waals surface area (Å²) in [7, 11) is 0. The van der Waals surface area contributed by atoms with Gasteiger partial charge in [-0.1, -0.05) is 36.5 Å². The van der Waals surface area contributed by atoms with Crippen molar-refractivity contribution in [3.05, 3.63) is 63.3 Å². The third kappa shape index (κ3) is 4.94. The zero-order valence-electron chi connectivity index (χ0n) is 17.6. The van der Waals surface area contributed by atoms with Crippen LogP contribution >= 0.6 is 22.9 Å². The van der Waals surface area contributed by atoms with Crippen LogP contribution in [-0.4, -0.2) is 26.9 Å². The molecule has 0 aliphatic rings. The molecule has 0 saturated heterocycles. The molecule has 3 aromatic rings. The van der Waals surface area contributed by atoms with Crippen LogP contribution in [0.1, 0.15) is 61.1 Å². The number of nitrogens with zero attached hydrogens (tertiary/aromatic N) is 3. The van der Waals surface area contributed by atoms with E-state index in [1.165, 1.54) is 11.3 Å². The number of nitrogens with one attached hydrogen (secondary N) is 1. The van der Waals surface area contributed by atoms with Gasteiger partial charge in [0, 0.05) is 21.5 Å². The predicted octanol–water partition coefficient (Wildman–Crippen LogP) is 4.85. The number of thiophene rings is 1. The SMILES string of the molecule is CCc1cccc(N(C(=O)c2csnn2)C(C(=O)NC(C)(C)CC)c2cccs2)c1. The van der Waals surface area contributed by atoms with Crippen LogP contribution in [0.4, 0.5) is 5.69 Å². The molecule has 8 heteroatoms. The van der Waals surface area contributed by atoms with Crippen molar-refractivity contribution in [1.29, 1.82) is 0 Å². The van der Waals surface area contributed by atoms with Gasteiger partial charge in [0.15, 0.2) is 11.7 Å². The molecule has 6 nitrogen and oxygen atoms in total. The third-order valence-corrected chi connectivity index (χ3v) is 6.49. The second kappa shape index (κ2) is 9.49. The van der Waals surface area contributed by atoms with Crippen LogP contribution < -0.4 is 10.2 Å². The van der Waals surface area contributed by atoms with E-state index in [0.717, 1.165) is 34.8 Å². The van der Waals surface area contributed by atoms with Gasteiger partial charge in [0.2, 0.25) is 5.91 Å². The summed E-state index contributed by atoms with van der Waals surface area (Å²) >= 11 is 2.57. The molecule has 1 unspecified atom stereocenters. The first-order valence-corrected chi connectivity index (χ1v) is 11.6. The molecule has 0 saturated carbocycles. The largest absolute Gasteiger partial charge is 0.349 e. The highest BCUT2D eigenvalue weighted by molar-refractivity contribution is 7.10. The van der Waals surface area contributed by atoms with Gasteiger partial charge in [-0.25, -0.2) is 0 Å². The van der Waals surface area contributed by atoms with Crippen molar-refractivity contribution in [2.24, 2.45) is 0 Å². The van der Waals surface area contributed by atoms with E-state index >= 15 is 0 Å². The maximum absolute atomic E-state index is 13.5. The summed E-state index contributed by atoms with van der Waals surface area (Å²) in [5.74, 6) is -0.567. The number of hydrogen-bond donors (Lipinski definition) is 1. The Morgan fingerprint density at radius 3 is 2.60 bits per heavy atom. The maximum atomic E-state index is 13.5. The first kappa shape index (κ1) is 22.1. The lowest BCUT2D eigenvalue weighted by atomic mass is 10.0. The Hall–Kier alpha value is -2.58. The van der Waals surface area contributed by atoms with E-state index in [-0.39, 0.29) is 17.5 Å². The number of aromatic nitrogens is 2. The third-order valence-electron chi connectivity index (χ3n) is 5.06. The Morgan fingerprint density at radius 2 is 2.00 bits per heavy atom. The summed E-state index contributed by atoms with van der Waals surface area (Å²) < 4.78 is 3.84. The van der Waals surface area contributed by atoms with Crippen LogP contribution in [-0.2, 0) is 11.2 Å². The van der Waals surface area contributed by atoms with Crippen molar-refractivity contribution < 1.29 is 9.59 Å². The quantitative estimate of drug-likeness (QED) is 0.541. The molecule has 0 spiro atoms. The fourth-order valence-electron chi connectivity index (χ4n) is 3.00. The molecule has 2 aromatic heterocycles. The fraction of sp³-hybridized carbons (Fsp3) is 0.364. The van der Waals surface area contributed by atoms with E-state index in [1.54, 1.807) is 10.3 Å². The highest BCUT2D eigenvalue weighted by atomic mass is 32.1. The molecular formula is C22H26N4O2S2. The Labute approximate surface area is 185 Å². The topological polar surface area (TPSA) is 75.2 Å². The van der Waals surface area contributed by atoms with Gasteiger partial charge in [-0.15, -0.1) is 16.4 Å². The van der Waals surface area contributed by atoms with Gasteiger partial charge in [0.25, 0.3) is 5.91 Å². The van der Waals surface area contributed by atoms with Gasteiger partial charge in [-0.05, 0) is 67.4 Å². The fourth-order valence-corrected chi connectivity index (χ4v) is 4.24. The molecule has 0 radical (unpaired) electrons. The Morgan fingerprint density at radius 1 is 1.20 bits per heavy atom. The summed E-state index contributed by atoms with van der Waals surface area (Å²) in [5.41, 5.74) is 1.58. The van der Waals surface area contributed by atoms with E-state index in [2.05, 4.69) is 21.8 Å². The molecule has 3 rings (SSSR count). The lowest BCUT2D eigenvalue weighted by molar-refractivity contribution is -0.124. The summed E-state index contributed by atoms with van der Waals surface area (Å²) in [6.45, 7) is 8.03. The van der Waals surface area contributed by atoms with Crippen molar-refractivity contribution in [1.82, 2.24) is 14.9 Å². The molecule has 1 aromatic carbocycles. The van der Waals surface area contributed by atoms with E-state index in [1.807, 2.05) is 62.5 Å². The second-order valence-corrected chi connectivity index (χ2v) is 9.22. The highest BCUT2D eigenvalue weighted by Crippen LogP contribution is 2.33. The molecule has 0 bridgehead atoms. The van der Waals surface area contributed by atoms with Gasteiger partial charge in [0.05, 0.1) is 0 Å². The van der Waals surface area contributed by atoms with Crippen molar-refractivity contribution in [2.45, 2.75) is 52.1 Å². The predicted molar refractivity (Wildman–Crippen MR) is 122 cm³/mol. The Bertz CT molecular complexity index is 985. The van der Waals surface area contributed by atoms with Gasteiger partial charge in [0.1, 0.15) is 0 Å². The molecule has 158 valence electrons. The standard InChI is InChI=1S/C22H26N4O2S2/c1-5-15-9-7-10-16(13-15)26(21(28)17-14-30-25-24-17)19(18-11-8-12-29-18)20(27)23-22(3,4)6-2/h7-14,19H,5-6H2,1-4H3,(H,23,27). The van der Waals surface area contributed by atoms with Gasteiger partial charge in [-0.3, -0.25) is 14.5 Å². The first-order valence-electron chi connectivity index (χ1n) is 9.91. The minimum Gasteiger partial charge on any atom is -0.349 e. The summed E-state index contributed by atoms with van der Waals surface area (Å²) in [5, 5.41) is 10.6. The monoisotopic (exact) mass is 442 g/mol. The number of rotatable bonds is 8. The number of hydrogen-bond acceptors (Lipinski definition) is 6. The lowest BCUT2D eigenvalue weighted by Gasteiger charge is -2.33. The zero-order valence-corrected chi connectivity index (χ0v) is 19.2. The molecule has 2 heterocycles. The van der Waals surface area contributed by atoms with Gasteiger partial charge < -0.3 is 5.32 Å². The van der Waals surface area contributed by atoms with Crippen LogP contribution in [0.3, 0.4) is 0 Å². The molecule has 2 amide bonds. The number of carbonyl (C=O) groups excluding carboxylic acids is 2. The smallest absolute Gasteiger partial charge is 0.280 e. The van der Waals surface area contributed by atoms with Gasteiger partial charge >= 0.3 is 0 Å². The van der Waals surface area contributed by atoms with E-state index in [0.29, 0.717) is 5.69 Å². The van der Waals surface area contributed by atoms with Crippen LogP contribution in [0.15, 0.2) is 47.2 Å². The van der Waals surface area contributed by atoms with Crippen LogP contribution in [0.2, 0.25) is 0 Å². The first-order chi connectivity index (χ1) is 14.4. The Balaban J connectivity index is 2.13. The second-order valence-electron chi connectivity index (χ2n) is 7.63. The summed E-state index contributed by atoms with van der Waals surface area (Å²) in [6.07, 6.45) is 1.60. The van der Waals surface area contributed by atoms with E-state index < -0.39 is 11.6 Å². The lowest BCUT2D eigenvalue weighted by Crippen LogP contribution is -2.50. The maximum Gasteiger partial charge on any atom is 0.280 e.